The van der Waals surface area contributed by atoms with Gasteiger partial charge in [-0.3, -0.25) is 4.79 Å². The van der Waals surface area contributed by atoms with E-state index >= 15 is 0 Å². The summed E-state index contributed by atoms with van der Waals surface area (Å²) in [6.07, 6.45) is 6.83. The van der Waals surface area contributed by atoms with Gasteiger partial charge in [-0.05, 0) is 25.3 Å². The van der Waals surface area contributed by atoms with Crippen LogP contribution >= 0.6 is 0 Å². The van der Waals surface area contributed by atoms with E-state index in [4.69, 9.17) is 4.74 Å². The van der Waals surface area contributed by atoms with E-state index in [1.54, 1.807) is 7.11 Å². The zero-order valence-electron chi connectivity index (χ0n) is 12.2. The lowest BCUT2D eigenvalue weighted by atomic mass is 9.87. The van der Waals surface area contributed by atoms with Crippen molar-refractivity contribution in [1.29, 1.82) is 0 Å². The quantitative estimate of drug-likeness (QED) is 0.822. The van der Waals surface area contributed by atoms with E-state index in [0.29, 0.717) is 5.91 Å². The number of hydrogen-bond acceptors (Lipinski definition) is 2. The first kappa shape index (κ1) is 13.6. The number of fused-ring (bicyclic) bond motifs is 1. The molecule has 1 fully saturated rings. The monoisotopic (exact) mass is 273 g/mol. The summed E-state index contributed by atoms with van der Waals surface area (Å²) in [5.41, 5.74) is 2.21. The van der Waals surface area contributed by atoms with Crippen molar-refractivity contribution in [2.45, 2.75) is 44.6 Å². The molecule has 1 aromatic rings. The Balaban J connectivity index is 1.85. The minimum absolute atomic E-state index is 0.126. The number of rotatable bonds is 2. The Morgan fingerprint density at radius 3 is 2.65 bits per heavy atom. The molecular formula is C17H23NO2. The maximum Gasteiger partial charge on any atom is 0.230 e. The Morgan fingerprint density at radius 1 is 1.15 bits per heavy atom. The second kappa shape index (κ2) is 5.96. The van der Waals surface area contributed by atoms with Crippen LogP contribution in [0.15, 0.2) is 24.3 Å². The van der Waals surface area contributed by atoms with Crippen LogP contribution in [0, 0.1) is 5.92 Å². The van der Waals surface area contributed by atoms with Gasteiger partial charge in [0.1, 0.15) is 0 Å². The molecule has 108 valence electrons. The number of ether oxygens (including phenoxy) is 1. The van der Waals surface area contributed by atoms with Crippen molar-refractivity contribution in [2.75, 3.05) is 18.6 Å². The van der Waals surface area contributed by atoms with E-state index in [2.05, 4.69) is 12.1 Å². The van der Waals surface area contributed by atoms with Gasteiger partial charge in [0.05, 0.1) is 6.10 Å². The predicted molar refractivity (Wildman–Crippen MR) is 79.7 cm³/mol. The van der Waals surface area contributed by atoms with Crippen molar-refractivity contribution >= 4 is 11.6 Å². The average molecular weight is 273 g/mol. The van der Waals surface area contributed by atoms with E-state index in [1.807, 2.05) is 17.0 Å². The van der Waals surface area contributed by atoms with E-state index in [1.165, 1.54) is 19.3 Å². The van der Waals surface area contributed by atoms with Crippen LogP contribution in [0.3, 0.4) is 0 Å². The van der Waals surface area contributed by atoms with Gasteiger partial charge >= 0.3 is 0 Å². The fourth-order valence-electron chi connectivity index (χ4n) is 3.57. The fraction of sp³-hybridized carbons (Fsp3) is 0.588. The molecule has 0 saturated heterocycles. The Morgan fingerprint density at radius 2 is 1.90 bits per heavy atom. The van der Waals surface area contributed by atoms with Crippen molar-refractivity contribution in [1.82, 2.24) is 0 Å². The lowest BCUT2D eigenvalue weighted by molar-refractivity contribution is -0.123. The summed E-state index contributed by atoms with van der Waals surface area (Å²) < 4.78 is 5.55. The largest absolute Gasteiger partial charge is 0.377 e. The first-order valence-electron chi connectivity index (χ1n) is 7.74. The third-order valence-corrected chi connectivity index (χ3v) is 4.69. The Hall–Kier alpha value is -1.35. The van der Waals surface area contributed by atoms with Crippen LogP contribution < -0.4 is 4.90 Å². The molecule has 0 aromatic heterocycles. The fourth-order valence-corrected chi connectivity index (χ4v) is 3.57. The predicted octanol–water partition coefficient (Wildman–Crippen LogP) is 3.69. The third-order valence-electron chi connectivity index (χ3n) is 4.69. The lowest BCUT2D eigenvalue weighted by Crippen LogP contribution is -2.41. The summed E-state index contributed by atoms with van der Waals surface area (Å²) in [5, 5.41) is 0. The maximum atomic E-state index is 12.8. The van der Waals surface area contributed by atoms with Crippen LogP contribution in [0.2, 0.25) is 0 Å². The van der Waals surface area contributed by atoms with Gasteiger partial charge in [0.25, 0.3) is 0 Å². The Kier molecular flexibility index (Phi) is 4.06. The van der Waals surface area contributed by atoms with Gasteiger partial charge in [0, 0.05) is 30.8 Å². The zero-order valence-corrected chi connectivity index (χ0v) is 12.2. The number of carbonyl (C=O) groups is 1. The second-order valence-electron chi connectivity index (χ2n) is 5.90. The minimum atomic E-state index is 0.126. The van der Waals surface area contributed by atoms with Gasteiger partial charge in [0.15, 0.2) is 0 Å². The molecule has 20 heavy (non-hydrogen) atoms. The van der Waals surface area contributed by atoms with Crippen molar-refractivity contribution in [3.8, 4) is 0 Å². The number of anilines is 1. The molecular weight excluding hydrogens is 250 g/mol. The average Bonchev–Trinajstić information content (AvgIpc) is 2.54. The number of benzene rings is 1. The number of carbonyl (C=O) groups excluding carboxylic acids is 1. The Labute approximate surface area is 120 Å². The zero-order chi connectivity index (χ0) is 13.9. The smallest absolute Gasteiger partial charge is 0.230 e. The SMILES string of the molecule is COC1CCN(C(=O)C2CCCCC2)c2ccccc21. The highest BCUT2D eigenvalue weighted by molar-refractivity contribution is 5.96. The summed E-state index contributed by atoms with van der Waals surface area (Å²) in [6.45, 7) is 0.783. The van der Waals surface area contributed by atoms with E-state index in [0.717, 1.165) is 37.1 Å². The molecule has 1 aliphatic heterocycles. The summed E-state index contributed by atoms with van der Waals surface area (Å²) >= 11 is 0. The molecule has 1 heterocycles. The maximum absolute atomic E-state index is 12.8. The standard InChI is InChI=1S/C17H23NO2/c1-20-16-11-12-18(15-10-6-5-9-14(15)16)17(19)13-7-3-2-4-8-13/h5-6,9-10,13,16H,2-4,7-8,11-12H2,1H3. The molecule has 2 aliphatic rings. The van der Waals surface area contributed by atoms with Gasteiger partial charge in [-0.1, -0.05) is 37.5 Å². The molecule has 3 rings (SSSR count). The number of amides is 1. The molecule has 0 radical (unpaired) electrons. The molecule has 0 N–H and O–H groups in total. The highest BCUT2D eigenvalue weighted by atomic mass is 16.5. The molecule has 1 aliphatic carbocycles. The summed E-state index contributed by atoms with van der Waals surface area (Å²) in [6, 6.07) is 8.18. The molecule has 1 amide bonds. The number of hydrogen-bond donors (Lipinski definition) is 0. The van der Waals surface area contributed by atoms with Crippen LogP contribution in [-0.4, -0.2) is 19.6 Å². The highest BCUT2D eigenvalue weighted by Crippen LogP contribution is 2.37. The molecule has 0 spiro atoms. The van der Waals surface area contributed by atoms with Crippen molar-refractivity contribution in [3.63, 3.8) is 0 Å². The number of methoxy groups -OCH3 is 1. The molecule has 3 nitrogen and oxygen atoms in total. The summed E-state index contributed by atoms with van der Waals surface area (Å²) in [5.74, 6) is 0.558. The van der Waals surface area contributed by atoms with Crippen molar-refractivity contribution < 1.29 is 9.53 Å². The normalized spacial score (nSPS) is 23.4. The van der Waals surface area contributed by atoms with E-state index in [9.17, 15) is 4.79 Å². The minimum Gasteiger partial charge on any atom is -0.377 e. The lowest BCUT2D eigenvalue weighted by Gasteiger charge is -2.36. The molecule has 1 unspecified atom stereocenters. The van der Waals surface area contributed by atoms with Crippen molar-refractivity contribution in [2.24, 2.45) is 5.92 Å². The third kappa shape index (κ3) is 2.47. The van der Waals surface area contributed by atoms with Crippen LogP contribution in [0.4, 0.5) is 5.69 Å². The number of para-hydroxylation sites is 1. The van der Waals surface area contributed by atoms with Crippen LogP contribution in [0.25, 0.3) is 0 Å². The highest BCUT2D eigenvalue weighted by Gasteiger charge is 2.32. The van der Waals surface area contributed by atoms with Gasteiger partial charge in [0.2, 0.25) is 5.91 Å². The molecule has 1 saturated carbocycles. The number of nitrogens with zero attached hydrogens (tertiary/aromatic N) is 1. The van der Waals surface area contributed by atoms with Crippen LogP contribution in [-0.2, 0) is 9.53 Å². The first-order valence-corrected chi connectivity index (χ1v) is 7.74. The van der Waals surface area contributed by atoms with Gasteiger partial charge in [-0.2, -0.15) is 0 Å². The van der Waals surface area contributed by atoms with E-state index in [-0.39, 0.29) is 12.0 Å². The van der Waals surface area contributed by atoms with Gasteiger partial charge in [-0.25, -0.2) is 0 Å². The van der Waals surface area contributed by atoms with E-state index < -0.39 is 0 Å². The topological polar surface area (TPSA) is 29.5 Å². The van der Waals surface area contributed by atoms with Gasteiger partial charge in [-0.15, -0.1) is 0 Å². The second-order valence-corrected chi connectivity index (χ2v) is 5.90. The van der Waals surface area contributed by atoms with Crippen molar-refractivity contribution in [3.05, 3.63) is 29.8 Å². The molecule has 0 bridgehead atoms. The van der Waals surface area contributed by atoms with Gasteiger partial charge < -0.3 is 9.64 Å². The molecule has 1 aromatic carbocycles. The Bertz CT molecular complexity index is 480. The summed E-state index contributed by atoms with van der Waals surface area (Å²) in [4.78, 5) is 14.8. The van der Waals surface area contributed by atoms with Crippen LogP contribution in [0.1, 0.15) is 50.2 Å². The first-order chi connectivity index (χ1) is 9.81. The molecule has 3 heteroatoms. The summed E-state index contributed by atoms with van der Waals surface area (Å²) in [7, 11) is 1.75. The molecule has 1 atom stereocenters. The van der Waals surface area contributed by atoms with Crippen LogP contribution in [0.5, 0.6) is 0 Å².